The Balaban J connectivity index is 1.80. The second kappa shape index (κ2) is 6.79. The molecule has 0 saturated carbocycles. The standard InChI is InChI=1S/C16H28N4O2/c1-12-10-14(22-18-12)11-19-6-8-20(9-7-19)13(2)15(21)17-16(3,4)5/h10,13H,6-9,11H2,1-5H3,(H,17,21). The molecule has 0 aliphatic carbocycles. The molecular weight excluding hydrogens is 280 g/mol. The molecule has 0 spiro atoms. The number of carbonyl (C=O) groups excluding carboxylic acids is 1. The van der Waals surface area contributed by atoms with Gasteiger partial charge in [0.25, 0.3) is 0 Å². The first kappa shape index (κ1) is 17.0. The van der Waals surface area contributed by atoms with Crippen LogP contribution in [-0.2, 0) is 11.3 Å². The number of hydrogen-bond acceptors (Lipinski definition) is 5. The molecule has 0 bridgehead atoms. The topological polar surface area (TPSA) is 61.6 Å². The van der Waals surface area contributed by atoms with E-state index >= 15 is 0 Å². The van der Waals surface area contributed by atoms with Crippen molar-refractivity contribution in [2.75, 3.05) is 26.2 Å². The molecule has 2 rings (SSSR count). The predicted molar refractivity (Wildman–Crippen MR) is 85.4 cm³/mol. The molecule has 1 amide bonds. The summed E-state index contributed by atoms with van der Waals surface area (Å²) < 4.78 is 5.27. The first-order chi connectivity index (χ1) is 10.2. The Bertz CT molecular complexity index is 498. The van der Waals surface area contributed by atoms with Gasteiger partial charge in [-0.2, -0.15) is 0 Å². The third kappa shape index (κ3) is 4.81. The van der Waals surface area contributed by atoms with Crippen LogP contribution in [0.5, 0.6) is 0 Å². The molecule has 1 saturated heterocycles. The molecule has 0 aromatic carbocycles. The SMILES string of the molecule is Cc1cc(CN2CCN(C(C)C(=O)NC(C)(C)C)CC2)on1. The Morgan fingerprint density at radius 2 is 2.00 bits per heavy atom. The quantitative estimate of drug-likeness (QED) is 0.911. The van der Waals surface area contributed by atoms with Crippen LogP contribution in [0.3, 0.4) is 0 Å². The summed E-state index contributed by atoms with van der Waals surface area (Å²) in [5.74, 6) is 1.01. The number of piperazine rings is 1. The molecule has 1 aromatic rings. The van der Waals surface area contributed by atoms with E-state index in [0.29, 0.717) is 0 Å². The molecule has 124 valence electrons. The van der Waals surface area contributed by atoms with Gasteiger partial charge in [0.1, 0.15) is 0 Å². The van der Waals surface area contributed by atoms with Crippen molar-refractivity contribution < 1.29 is 9.32 Å². The van der Waals surface area contributed by atoms with Crippen molar-refractivity contribution >= 4 is 5.91 Å². The molecule has 6 heteroatoms. The molecule has 1 N–H and O–H groups in total. The maximum absolute atomic E-state index is 12.2. The second-order valence-corrected chi connectivity index (χ2v) is 7.16. The van der Waals surface area contributed by atoms with Crippen molar-refractivity contribution in [3.8, 4) is 0 Å². The first-order valence-electron chi connectivity index (χ1n) is 7.95. The van der Waals surface area contributed by atoms with Gasteiger partial charge in [0.05, 0.1) is 18.3 Å². The average molecular weight is 308 g/mol. The van der Waals surface area contributed by atoms with Gasteiger partial charge in [-0.1, -0.05) is 5.16 Å². The van der Waals surface area contributed by atoms with E-state index in [4.69, 9.17) is 4.52 Å². The van der Waals surface area contributed by atoms with Crippen LogP contribution in [0.4, 0.5) is 0 Å². The first-order valence-corrected chi connectivity index (χ1v) is 7.95. The lowest BCUT2D eigenvalue weighted by molar-refractivity contribution is -0.128. The highest BCUT2D eigenvalue weighted by atomic mass is 16.5. The smallest absolute Gasteiger partial charge is 0.237 e. The van der Waals surface area contributed by atoms with Gasteiger partial charge in [0.15, 0.2) is 5.76 Å². The third-order valence-electron chi connectivity index (χ3n) is 3.89. The highest BCUT2D eigenvalue weighted by Crippen LogP contribution is 2.12. The lowest BCUT2D eigenvalue weighted by Crippen LogP contribution is -2.56. The second-order valence-electron chi connectivity index (χ2n) is 7.16. The summed E-state index contributed by atoms with van der Waals surface area (Å²) in [6.07, 6.45) is 0. The van der Waals surface area contributed by atoms with E-state index in [9.17, 15) is 4.79 Å². The van der Waals surface area contributed by atoms with E-state index in [2.05, 4.69) is 20.3 Å². The van der Waals surface area contributed by atoms with Crippen LogP contribution in [0.2, 0.25) is 0 Å². The summed E-state index contributed by atoms with van der Waals surface area (Å²) in [5, 5.41) is 6.97. The Kier molecular flexibility index (Phi) is 5.24. The summed E-state index contributed by atoms with van der Waals surface area (Å²) in [5.41, 5.74) is 0.734. The lowest BCUT2D eigenvalue weighted by atomic mass is 10.1. The summed E-state index contributed by atoms with van der Waals surface area (Å²) in [4.78, 5) is 16.8. The molecule has 0 radical (unpaired) electrons. The molecule has 1 aromatic heterocycles. The largest absolute Gasteiger partial charge is 0.360 e. The highest BCUT2D eigenvalue weighted by molar-refractivity contribution is 5.81. The molecular formula is C16H28N4O2. The molecule has 1 aliphatic rings. The zero-order valence-corrected chi connectivity index (χ0v) is 14.3. The number of aryl methyl sites for hydroxylation is 1. The van der Waals surface area contributed by atoms with Crippen molar-refractivity contribution in [3.63, 3.8) is 0 Å². The Morgan fingerprint density at radius 3 is 2.50 bits per heavy atom. The van der Waals surface area contributed by atoms with Gasteiger partial charge in [-0.05, 0) is 34.6 Å². The zero-order valence-electron chi connectivity index (χ0n) is 14.3. The van der Waals surface area contributed by atoms with E-state index in [0.717, 1.165) is 44.2 Å². The number of carbonyl (C=O) groups is 1. The fourth-order valence-corrected chi connectivity index (χ4v) is 2.66. The van der Waals surface area contributed by atoms with Gasteiger partial charge in [0.2, 0.25) is 5.91 Å². The van der Waals surface area contributed by atoms with Crippen LogP contribution in [0.15, 0.2) is 10.6 Å². The minimum Gasteiger partial charge on any atom is -0.360 e. The maximum atomic E-state index is 12.2. The van der Waals surface area contributed by atoms with E-state index in [-0.39, 0.29) is 17.5 Å². The molecule has 1 aliphatic heterocycles. The summed E-state index contributed by atoms with van der Waals surface area (Å²) in [6, 6.07) is 1.89. The van der Waals surface area contributed by atoms with Crippen LogP contribution < -0.4 is 5.32 Å². The van der Waals surface area contributed by atoms with Crippen LogP contribution in [0.1, 0.15) is 39.1 Å². The summed E-state index contributed by atoms with van der Waals surface area (Å²) in [7, 11) is 0. The number of rotatable bonds is 4. The Labute approximate surface area is 132 Å². The van der Waals surface area contributed by atoms with Crippen molar-refractivity contribution in [2.45, 2.75) is 52.7 Å². The minimum absolute atomic E-state index is 0.0890. The maximum Gasteiger partial charge on any atom is 0.237 e. The number of amides is 1. The fraction of sp³-hybridized carbons (Fsp3) is 0.750. The van der Waals surface area contributed by atoms with Crippen molar-refractivity contribution in [3.05, 3.63) is 17.5 Å². The van der Waals surface area contributed by atoms with Gasteiger partial charge in [-0.15, -0.1) is 0 Å². The average Bonchev–Trinajstić information content (AvgIpc) is 2.82. The van der Waals surface area contributed by atoms with Gasteiger partial charge in [-0.3, -0.25) is 14.6 Å². The van der Waals surface area contributed by atoms with E-state index in [1.807, 2.05) is 40.7 Å². The normalized spacial score (nSPS) is 19.1. The van der Waals surface area contributed by atoms with Crippen LogP contribution >= 0.6 is 0 Å². The molecule has 22 heavy (non-hydrogen) atoms. The number of nitrogens with one attached hydrogen (secondary N) is 1. The van der Waals surface area contributed by atoms with Gasteiger partial charge in [0, 0.05) is 37.8 Å². The Morgan fingerprint density at radius 1 is 1.36 bits per heavy atom. The fourth-order valence-electron chi connectivity index (χ4n) is 2.66. The van der Waals surface area contributed by atoms with Crippen LogP contribution in [0.25, 0.3) is 0 Å². The number of aromatic nitrogens is 1. The van der Waals surface area contributed by atoms with Crippen molar-refractivity contribution in [1.29, 1.82) is 0 Å². The van der Waals surface area contributed by atoms with E-state index in [1.165, 1.54) is 0 Å². The van der Waals surface area contributed by atoms with Gasteiger partial charge >= 0.3 is 0 Å². The van der Waals surface area contributed by atoms with Crippen LogP contribution in [-0.4, -0.2) is 58.6 Å². The van der Waals surface area contributed by atoms with Gasteiger partial charge in [-0.25, -0.2) is 0 Å². The van der Waals surface area contributed by atoms with Crippen molar-refractivity contribution in [2.24, 2.45) is 0 Å². The zero-order chi connectivity index (χ0) is 16.3. The molecule has 1 atom stereocenters. The summed E-state index contributed by atoms with van der Waals surface area (Å²) in [6.45, 7) is 14.4. The highest BCUT2D eigenvalue weighted by Gasteiger charge is 2.27. The molecule has 1 unspecified atom stereocenters. The minimum atomic E-state index is -0.183. The monoisotopic (exact) mass is 308 g/mol. The number of hydrogen-bond donors (Lipinski definition) is 1. The van der Waals surface area contributed by atoms with E-state index in [1.54, 1.807) is 0 Å². The summed E-state index contributed by atoms with van der Waals surface area (Å²) >= 11 is 0. The molecule has 1 fully saturated rings. The predicted octanol–water partition coefficient (Wildman–Crippen LogP) is 1.40. The third-order valence-corrected chi connectivity index (χ3v) is 3.89. The molecule has 6 nitrogen and oxygen atoms in total. The molecule has 2 heterocycles. The number of nitrogens with zero attached hydrogens (tertiary/aromatic N) is 3. The van der Waals surface area contributed by atoms with Gasteiger partial charge < -0.3 is 9.84 Å². The van der Waals surface area contributed by atoms with Crippen LogP contribution in [0, 0.1) is 6.92 Å². The van der Waals surface area contributed by atoms with E-state index < -0.39 is 0 Å². The Hall–Kier alpha value is -1.40. The lowest BCUT2D eigenvalue weighted by Gasteiger charge is -2.37. The van der Waals surface area contributed by atoms with Crippen molar-refractivity contribution in [1.82, 2.24) is 20.3 Å².